The van der Waals surface area contributed by atoms with Crippen LogP contribution in [0.4, 0.5) is 0 Å². The van der Waals surface area contributed by atoms with E-state index >= 15 is 0 Å². The number of hydrogen-bond donors (Lipinski definition) is 0. The Labute approximate surface area is 84.9 Å². The van der Waals surface area contributed by atoms with Crippen LogP contribution in [-0.4, -0.2) is 24.4 Å². The lowest BCUT2D eigenvalue weighted by atomic mass is 10.1. The van der Waals surface area contributed by atoms with Crippen molar-refractivity contribution in [2.24, 2.45) is 0 Å². The highest BCUT2D eigenvalue weighted by atomic mass is 35.5. The van der Waals surface area contributed by atoms with Gasteiger partial charge in [-0.15, -0.1) is 11.6 Å². The summed E-state index contributed by atoms with van der Waals surface area (Å²) in [6, 6.07) is 0. The number of carbonyl (C=O) groups is 1. The summed E-state index contributed by atoms with van der Waals surface area (Å²) in [7, 11) is 0. The molecule has 3 heteroatoms. The van der Waals surface area contributed by atoms with Crippen LogP contribution < -0.4 is 0 Å². The molecule has 0 saturated heterocycles. The summed E-state index contributed by atoms with van der Waals surface area (Å²) in [5.74, 6) is 0.470. The molecule has 0 atom stereocenters. The number of carbonyl (C=O) groups excluding carboxylic acids is 1. The first-order valence-electron chi connectivity index (χ1n) is 4.32. The monoisotopic (exact) mass is 204 g/mol. The Morgan fingerprint density at radius 1 is 1.62 bits per heavy atom. The lowest BCUT2D eigenvalue weighted by molar-refractivity contribution is -0.113. The number of hydrogen-bond acceptors (Lipinski definition) is 2. The molecule has 0 fully saturated rings. The maximum atomic E-state index is 10.3. The van der Waals surface area contributed by atoms with Gasteiger partial charge in [0.25, 0.3) is 0 Å². The molecule has 0 aliphatic rings. The van der Waals surface area contributed by atoms with Crippen LogP contribution in [0, 0.1) is 0 Å². The van der Waals surface area contributed by atoms with Crippen molar-refractivity contribution in [3.63, 3.8) is 0 Å². The summed E-state index contributed by atoms with van der Waals surface area (Å²) in [6.07, 6.45) is 2.04. The maximum absolute atomic E-state index is 10.3. The minimum absolute atomic E-state index is 0.367. The average Bonchev–Trinajstić information content (AvgIpc) is 2.03. The Bertz CT molecular complexity index is 176. The third kappa shape index (κ3) is 6.79. The van der Waals surface area contributed by atoms with E-state index in [1.807, 2.05) is 13.8 Å². The molecular formula is C10H17ClO2. The first kappa shape index (κ1) is 12.7. The van der Waals surface area contributed by atoms with Crippen molar-refractivity contribution in [2.75, 3.05) is 12.5 Å². The first-order chi connectivity index (χ1) is 6.02. The number of halogens is 1. The van der Waals surface area contributed by atoms with E-state index in [4.69, 9.17) is 16.3 Å². The molecule has 0 radical (unpaired) electrons. The largest absolute Gasteiger partial charge is 0.375 e. The van der Waals surface area contributed by atoms with Crippen molar-refractivity contribution in [1.29, 1.82) is 0 Å². The molecule has 0 spiro atoms. The van der Waals surface area contributed by atoms with Gasteiger partial charge in [-0.2, -0.15) is 0 Å². The van der Waals surface area contributed by atoms with Crippen molar-refractivity contribution < 1.29 is 9.53 Å². The lowest BCUT2D eigenvalue weighted by Gasteiger charge is -2.22. The molecule has 0 aromatic heterocycles. The standard InChI is InChI=1S/C10H17ClO2/c1-9(8-11)4-7-13-10(2,3)5-6-12/h6H,1,4-5,7-8H2,2-3H3. The Hall–Kier alpha value is -0.340. The van der Waals surface area contributed by atoms with Crippen LogP contribution in [0.5, 0.6) is 0 Å². The van der Waals surface area contributed by atoms with Crippen LogP contribution in [0.15, 0.2) is 12.2 Å². The van der Waals surface area contributed by atoms with Gasteiger partial charge in [0.2, 0.25) is 0 Å². The smallest absolute Gasteiger partial charge is 0.122 e. The van der Waals surface area contributed by atoms with Gasteiger partial charge in [0, 0.05) is 12.3 Å². The van der Waals surface area contributed by atoms with Gasteiger partial charge in [-0.1, -0.05) is 12.2 Å². The second-order valence-corrected chi connectivity index (χ2v) is 3.88. The van der Waals surface area contributed by atoms with E-state index < -0.39 is 0 Å². The zero-order valence-electron chi connectivity index (χ0n) is 8.31. The summed E-state index contributed by atoms with van der Waals surface area (Å²) in [6.45, 7) is 8.12. The van der Waals surface area contributed by atoms with Crippen LogP contribution in [0.3, 0.4) is 0 Å². The fourth-order valence-electron chi connectivity index (χ4n) is 0.798. The molecule has 0 saturated carbocycles. The number of ether oxygens (including phenoxy) is 1. The molecular weight excluding hydrogens is 188 g/mol. The minimum atomic E-state index is -0.367. The van der Waals surface area contributed by atoms with Crippen LogP contribution in [0.25, 0.3) is 0 Å². The maximum Gasteiger partial charge on any atom is 0.122 e. The SMILES string of the molecule is C=C(CCl)CCOC(C)(C)CC=O. The molecule has 0 aliphatic heterocycles. The van der Waals surface area contributed by atoms with E-state index in [9.17, 15) is 4.79 Å². The molecule has 0 bridgehead atoms. The van der Waals surface area contributed by atoms with Gasteiger partial charge in [-0.05, 0) is 20.3 Å². The van der Waals surface area contributed by atoms with Crippen LogP contribution >= 0.6 is 11.6 Å². The number of aldehydes is 1. The van der Waals surface area contributed by atoms with Crippen molar-refractivity contribution in [3.05, 3.63) is 12.2 Å². The minimum Gasteiger partial charge on any atom is -0.375 e. The Kier molecular flexibility index (Phi) is 6.00. The first-order valence-corrected chi connectivity index (χ1v) is 4.85. The molecule has 76 valence electrons. The molecule has 0 aliphatic carbocycles. The summed E-state index contributed by atoms with van der Waals surface area (Å²) >= 11 is 5.55. The molecule has 0 N–H and O–H groups in total. The normalized spacial score (nSPS) is 11.3. The van der Waals surface area contributed by atoms with Crippen molar-refractivity contribution in [1.82, 2.24) is 0 Å². The quantitative estimate of drug-likeness (QED) is 0.362. The zero-order chi connectivity index (χ0) is 10.3. The summed E-state index contributed by atoms with van der Waals surface area (Å²) in [5, 5.41) is 0. The van der Waals surface area contributed by atoms with Crippen molar-refractivity contribution in [2.45, 2.75) is 32.3 Å². The van der Waals surface area contributed by atoms with Gasteiger partial charge < -0.3 is 9.53 Å². The van der Waals surface area contributed by atoms with Gasteiger partial charge >= 0.3 is 0 Å². The second-order valence-electron chi connectivity index (χ2n) is 3.61. The second kappa shape index (κ2) is 6.17. The van der Waals surface area contributed by atoms with Crippen LogP contribution in [0.2, 0.25) is 0 Å². The average molecular weight is 205 g/mol. The van der Waals surface area contributed by atoms with Gasteiger partial charge in [0.1, 0.15) is 6.29 Å². The Balaban J connectivity index is 3.62. The van der Waals surface area contributed by atoms with E-state index in [0.717, 1.165) is 18.3 Å². The topological polar surface area (TPSA) is 26.3 Å². The van der Waals surface area contributed by atoms with Gasteiger partial charge in [0.05, 0.1) is 12.2 Å². The Morgan fingerprint density at radius 2 is 2.23 bits per heavy atom. The van der Waals surface area contributed by atoms with E-state index in [1.54, 1.807) is 0 Å². The summed E-state index contributed by atoms with van der Waals surface area (Å²) < 4.78 is 5.49. The lowest BCUT2D eigenvalue weighted by Crippen LogP contribution is -2.25. The zero-order valence-corrected chi connectivity index (χ0v) is 9.06. The molecule has 0 aromatic carbocycles. The van der Waals surface area contributed by atoms with Gasteiger partial charge in [-0.3, -0.25) is 0 Å². The van der Waals surface area contributed by atoms with Gasteiger partial charge in [0.15, 0.2) is 0 Å². The molecule has 0 unspecified atom stereocenters. The predicted molar refractivity (Wildman–Crippen MR) is 55.2 cm³/mol. The number of alkyl halides is 1. The molecule has 0 heterocycles. The third-order valence-corrected chi connectivity index (χ3v) is 2.09. The molecule has 0 amide bonds. The molecule has 2 nitrogen and oxygen atoms in total. The van der Waals surface area contributed by atoms with Gasteiger partial charge in [-0.25, -0.2) is 0 Å². The molecule has 0 rings (SSSR count). The van der Waals surface area contributed by atoms with E-state index in [-0.39, 0.29) is 5.60 Å². The third-order valence-electron chi connectivity index (χ3n) is 1.71. The highest BCUT2D eigenvalue weighted by molar-refractivity contribution is 6.19. The van der Waals surface area contributed by atoms with Crippen LogP contribution in [0.1, 0.15) is 26.7 Å². The van der Waals surface area contributed by atoms with Crippen molar-refractivity contribution in [3.8, 4) is 0 Å². The highest BCUT2D eigenvalue weighted by Crippen LogP contribution is 2.14. The van der Waals surface area contributed by atoms with E-state index in [0.29, 0.717) is 18.9 Å². The van der Waals surface area contributed by atoms with Crippen LogP contribution in [-0.2, 0) is 9.53 Å². The Morgan fingerprint density at radius 3 is 2.69 bits per heavy atom. The summed E-state index contributed by atoms with van der Waals surface area (Å²) in [4.78, 5) is 10.3. The fourth-order valence-corrected chi connectivity index (χ4v) is 0.932. The molecule has 0 aromatic rings. The highest BCUT2D eigenvalue weighted by Gasteiger charge is 2.16. The van der Waals surface area contributed by atoms with Crippen molar-refractivity contribution >= 4 is 17.9 Å². The number of rotatable bonds is 7. The van der Waals surface area contributed by atoms with E-state index in [1.165, 1.54) is 0 Å². The van der Waals surface area contributed by atoms with E-state index in [2.05, 4.69) is 6.58 Å². The predicted octanol–water partition coefficient (Wildman–Crippen LogP) is 2.56. The summed E-state index contributed by atoms with van der Waals surface area (Å²) in [5.41, 5.74) is 0.595. The fraction of sp³-hybridized carbons (Fsp3) is 0.700. The molecule has 13 heavy (non-hydrogen) atoms.